The van der Waals surface area contributed by atoms with E-state index in [2.05, 4.69) is 30.0 Å². The van der Waals surface area contributed by atoms with E-state index in [0.29, 0.717) is 135 Å². The SMILES string of the molecule is CCCN(OCC1=CC=NC1)C(=O)C1=Cc2ccc(-c3cnc(CNC(=O)CCOCCOCCOCCOCCOCCOCCOCCOCCOCCOCCC(=O)Oc4c(F)c(F)cc(F)c4F)nc3)cc2N=C(N)C1. The van der Waals surface area contributed by atoms with Crippen molar-refractivity contribution in [2.24, 2.45) is 15.7 Å². The van der Waals surface area contributed by atoms with Gasteiger partial charge in [0.1, 0.15) is 11.7 Å². The zero-order chi connectivity index (χ0) is 57.0. The van der Waals surface area contributed by atoms with E-state index in [1.807, 2.05) is 31.2 Å². The molecule has 0 radical (unpaired) electrons. The Labute approximate surface area is 461 Å². The Balaban J connectivity index is 0.746. The quantitative estimate of drug-likeness (QED) is 0.0192. The van der Waals surface area contributed by atoms with Crippen molar-refractivity contribution in [3.63, 3.8) is 0 Å². The molecule has 0 bridgehead atoms. The number of nitrogens with one attached hydrogen (secondary N) is 1. The van der Waals surface area contributed by atoms with Crippen molar-refractivity contribution < 1.29 is 88.9 Å². The summed E-state index contributed by atoms with van der Waals surface area (Å²) < 4.78 is 112. The van der Waals surface area contributed by atoms with Gasteiger partial charge in [0.15, 0.2) is 11.6 Å². The number of rotatable bonds is 43. The molecule has 440 valence electrons. The summed E-state index contributed by atoms with van der Waals surface area (Å²) in [5.74, 6) is -9.24. The van der Waals surface area contributed by atoms with Crippen LogP contribution in [-0.4, -0.2) is 197 Å². The summed E-state index contributed by atoms with van der Waals surface area (Å²) in [5, 5.41) is 4.19. The molecule has 3 aromatic rings. The molecule has 0 unspecified atom stereocenters. The van der Waals surface area contributed by atoms with Gasteiger partial charge in [-0.1, -0.05) is 19.1 Å². The Hall–Kier alpha value is -6.17. The van der Waals surface area contributed by atoms with Crippen LogP contribution in [0.3, 0.4) is 0 Å². The second kappa shape index (κ2) is 38.5. The van der Waals surface area contributed by atoms with Crippen LogP contribution in [0.5, 0.6) is 5.75 Å². The molecule has 2 aliphatic rings. The highest BCUT2D eigenvalue weighted by Crippen LogP contribution is 2.32. The summed E-state index contributed by atoms with van der Waals surface area (Å²) in [4.78, 5) is 61.2. The first-order chi connectivity index (χ1) is 39.0. The van der Waals surface area contributed by atoms with Gasteiger partial charge in [-0.25, -0.2) is 28.8 Å². The number of hydroxylamine groups is 2. The Morgan fingerprint density at radius 1 is 0.650 bits per heavy atom. The average molecular weight is 1130 g/mol. The average Bonchev–Trinajstić information content (AvgIpc) is 3.97. The maximum absolute atomic E-state index is 13.6. The fraction of sp³-hybridized carbons (Fsp3) is 0.537. The van der Waals surface area contributed by atoms with Crippen molar-refractivity contribution in [1.82, 2.24) is 20.3 Å². The van der Waals surface area contributed by atoms with E-state index >= 15 is 0 Å². The van der Waals surface area contributed by atoms with Crippen LogP contribution in [0.15, 0.2) is 63.9 Å². The van der Waals surface area contributed by atoms with Gasteiger partial charge in [-0.3, -0.25) is 24.2 Å². The third-order valence-electron chi connectivity index (χ3n) is 11.1. The molecule has 2 aliphatic heterocycles. The number of hydrogen-bond donors (Lipinski definition) is 2. The number of hydrogen-bond acceptors (Lipinski definition) is 20. The lowest BCUT2D eigenvalue weighted by atomic mass is 10.0. The minimum absolute atomic E-state index is 0.0136. The van der Waals surface area contributed by atoms with Gasteiger partial charge in [-0.2, -0.15) is 8.78 Å². The second-order valence-corrected chi connectivity index (χ2v) is 17.3. The molecule has 3 heterocycles. The summed E-state index contributed by atoms with van der Waals surface area (Å²) >= 11 is 0. The highest BCUT2D eigenvalue weighted by atomic mass is 19.2. The summed E-state index contributed by atoms with van der Waals surface area (Å²) in [6, 6.07) is 5.67. The van der Waals surface area contributed by atoms with Crippen molar-refractivity contribution in [2.45, 2.75) is 39.2 Å². The van der Waals surface area contributed by atoms with Crippen LogP contribution in [0.25, 0.3) is 17.2 Å². The lowest BCUT2D eigenvalue weighted by Crippen LogP contribution is -2.34. The summed E-state index contributed by atoms with van der Waals surface area (Å²) in [5.41, 5.74) is 10.7. The van der Waals surface area contributed by atoms with E-state index in [-0.39, 0.29) is 76.9 Å². The number of benzene rings is 2. The molecular weight excluding hydrogens is 1060 g/mol. The van der Waals surface area contributed by atoms with Gasteiger partial charge in [0, 0.05) is 60.8 Å². The van der Waals surface area contributed by atoms with E-state index in [9.17, 15) is 31.9 Å². The lowest BCUT2D eigenvalue weighted by Gasteiger charge is -2.22. The van der Waals surface area contributed by atoms with Gasteiger partial charge in [0.2, 0.25) is 23.3 Å². The highest BCUT2D eigenvalue weighted by Gasteiger charge is 2.25. The molecule has 26 heteroatoms. The summed E-state index contributed by atoms with van der Waals surface area (Å²) in [6.45, 7) is 9.84. The van der Waals surface area contributed by atoms with Crippen LogP contribution < -0.4 is 15.8 Å². The number of carbonyl (C=O) groups excluding carboxylic acids is 3. The molecule has 0 aliphatic carbocycles. The monoisotopic (exact) mass is 1130 g/mol. The molecule has 0 spiro atoms. The molecule has 0 saturated heterocycles. The first-order valence-corrected chi connectivity index (χ1v) is 26.2. The number of nitrogens with zero attached hydrogens (tertiary/aromatic N) is 5. The first-order valence-electron chi connectivity index (χ1n) is 26.2. The van der Waals surface area contributed by atoms with Gasteiger partial charge < -0.3 is 63.2 Å². The number of fused-ring (bicyclic) bond motifs is 1. The number of ether oxygens (including phenoxy) is 11. The molecule has 1 aromatic heterocycles. The topological polar surface area (TPSA) is 254 Å². The zero-order valence-corrected chi connectivity index (χ0v) is 44.9. The molecule has 3 N–H and O–H groups in total. The summed E-state index contributed by atoms with van der Waals surface area (Å²) in [6.07, 6.45) is 9.44. The molecule has 22 nitrogen and oxygen atoms in total. The maximum Gasteiger partial charge on any atom is 0.313 e. The van der Waals surface area contributed by atoms with E-state index in [4.69, 9.17) is 57.9 Å². The number of halogens is 4. The number of allylic oxidation sites excluding steroid dienone is 1. The summed E-state index contributed by atoms with van der Waals surface area (Å²) in [7, 11) is 0. The van der Waals surface area contributed by atoms with Crippen LogP contribution in [0.2, 0.25) is 0 Å². The molecule has 0 fully saturated rings. The van der Waals surface area contributed by atoms with Crippen LogP contribution in [0.4, 0.5) is 23.2 Å². The van der Waals surface area contributed by atoms with E-state index < -0.39 is 41.4 Å². The fourth-order valence-electron chi connectivity index (χ4n) is 7.00. The Morgan fingerprint density at radius 3 is 1.64 bits per heavy atom. The fourth-order valence-corrected chi connectivity index (χ4v) is 7.00. The van der Waals surface area contributed by atoms with Crippen molar-refractivity contribution in [2.75, 3.05) is 152 Å². The third-order valence-corrected chi connectivity index (χ3v) is 11.1. The Kier molecular flexibility index (Phi) is 31.1. The number of esters is 1. The highest BCUT2D eigenvalue weighted by molar-refractivity contribution is 6.05. The third kappa shape index (κ3) is 25.1. The maximum atomic E-state index is 13.6. The molecule has 2 amide bonds. The number of amides is 2. The van der Waals surface area contributed by atoms with Gasteiger partial charge in [0.25, 0.3) is 5.91 Å². The smallest absolute Gasteiger partial charge is 0.313 e. The number of carbonyl (C=O) groups is 3. The predicted octanol–water partition coefficient (Wildman–Crippen LogP) is 4.82. The van der Waals surface area contributed by atoms with Crippen molar-refractivity contribution in [1.29, 1.82) is 0 Å². The zero-order valence-electron chi connectivity index (χ0n) is 44.9. The standard InChI is InChI=1S/C54H71F4N7O15/c1-2-9-65(79-38-39-5-8-60-34-39)54(68)42-30-41-4-3-40(31-46(41)64-47(59)32-42)43-35-61-48(62-36-43)37-63-49(66)6-10-69-12-14-71-16-18-73-20-22-75-24-26-77-28-29-78-27-25-76-23-21-74-19-17-72-15-13-70-11-7-50(67)80-53-51(57)44(55)33-45(56)52(53)58/h3-5,8,30-31,33,35-36H,2,6-7,9-29,32,34,37-38H2,1H3,(H2,59,64)(H,63,66). The molecule has 0 saturated carbocycles. The number of aromatic nitrogens is 2. The normalized spacial score (nSPS) is 12.9. The van der Waals surface area contributed by atoms with Gasteiger partial charge in [0.05, 0.1) is 164 Å². The van der Waals surface area contributed by atoms with Crippen LogP contribution in [0, 0.1) is 23.3 Å². The largest absolute Gasteiger partial charge is 0.420 e. The Morgan fingerprint density at radius 2 is 1.15 bits per heavy atom. The number of aliphatic imine (C=N–C) groups is 2. The van der Waals surface area contributed by atoms with Gasteiger partial charge >= 0.3 is 5.97 Å². The number of nitrogens with two attached hydrogens (primary N) is 1. The van der Waals surface area contributed by atoms with Crippen LogP contribution in [-0.2, 0) is 73.1 Å². The number of amidine groups is 1. The molecule has 5 rings (SSSR count). The minimum atomic E-state index is -1.80. The molecule has 2 aromatic carbocycles. The lowest BCUT2D eigenvalue weighted by molar-refractivity contribution is -0.178. The van der Waals surface area contributed by atoms with Crippen LogP contribution in [0.1, 0.15) is 44.0 Å². The van der Waals surface area contributed by atoms with Gasteiger partial charge in [-0.05, 0) is 35.8 Å². The predicted molar refractivity (Wildman–Crippen MR) is 282 cm³/mol. The second-order valence-electron chi connectivity index (χ2n) is 17.3. The van der Waals surface area contributed by atoms with Gasteiger partial charge in [-0.15, -0.1) is 0 Å². The van der Waals surface area contributed by atoms with E-state index in [1.54, 1.807) is 24.7 Å². The molecule has 80 heavy (non-hydrogen) atoms. The van der Waals surface area contributed by atoms with E-state index in [0.717, 1.165) is 28.7 Å². The van der Waals surface area contributed by atoms with Crippen molar-refractivity contribution in [3.05, 3.63) is 88.5 Å². The van der Waals surface area contributed by atoms with E-state index in [1.165, 1.54) is 5.06 Å². The molecule has 0 atom stereocenters. The first kappa shape index (κ1) is 64.6. The van der Waals surface area contributed by atoms with Crippen molar-refractivity contribution in [3.8, 4) is 16.9 Å². The molecular formula is C54H71F4N7O15. The Bertz CT molecular complexity index is 2460. The van der Waals surface area contributed by atoms with Crippen molar-refractivity contribution >= 4 is 41.6 Å². The van der Waals surface area contributed by atoms with Crippen LogP contribution >= 0.6 is 0 Å². The minimum Gasteiger partial charge on any atom is -0.420 e.